The molecule has 0 heterocycles. The summed E-state index contributed by atoms with van der Waals surface area (Å²) in [6.07, 6.45) is 3.04. The third-order valence-corrected chi connectivity index (χ3v) is 4.76. The number of nitrogens with zero attached hydrogens (tertiary/aromatic N) is 1. The second kappa shape index (κ2) is 3.78. The zero-order chi connectivity index (χ0) is 13.7. The van der Waals surface area contributed by atoms with Crippen LogP contribution < -0.4 is 0 Å². The molecule has 0 bridgehead atoms. The summed E-state index contributed by atoms with van der Waals surface area (Å²) in [4.78, 5) is 24.6. The average Bonchev–Trinajstić information content (AvgIpc) is 2.28. The summed E-state index contributed by atoms with van der Waals surface area (Å²) < 4.78 is 0. The molecule has 3 nitrogen and oxygen atoms in total. The van der Waals surface area contributed by atoms with Gasteiger partial charge in [-0.15, -0.1) is 0 Å². The Hall–Kier alpha value is -1.43. The first kappa shape index (κ1) is 13.0. The van der Waals surface area contributed by atoms with Crippen molar-refractivity contribution in [3.63, 3.8) is 0 Å². The Labute approximate surface area is 108 Å². The van der Waals surface area contributed by atoms with Crippen LogP contribution in [0, 0.1) is 34.0 Å². The van der Waals surface area contributed by atoms with Gasteiger partial charge in [0.25, 0.3) is 0 Å². The van der Waals surface area contributed by atoms with E-state index < -0.39 is 10.8 Å². The van der Waals surface area contributed by atoms with Crippen LogP contribution in [0.15, 0.2) is 11.6 Å². The molecule has 3 heteroatoms. The highest BCUT2D eigenvalue weighted by Crippen LogP contribution is 2.54. The number of nitriles is 1. The van der Waals surface area contributed by atoms with Crippen molar-refractivity contribution < 1.29 is 9.59 Å². The molecule has 0 spiro atoms. The molecular weight excluding hydrogens is 226 g/mol. The molecule has 0 aromatic heterocycles. The number of allylic oxidation sites excluding steroid dienone is 2. The van der Waals surface area contributed by atoms with Crippen LogP contribution in [0.2, 0.25) is 0 Å². The molecule has 2 aliphatic carbocycles. The minimum atomic E-state index is -0.644. The standard InChI is InChI=1S/C15H19NO2/c1-9-5-11-14(2,3)13(18)10(8-16)7-15(11,4)12(17)6-9/h7,9,11H,5-6H2,1-4H3/t9-,11+,15+/m1/s1. The van der Waals surface area contributed by atoms with Crippen molar-refractivity contribution in [2.45, 2.75) is 40.5 Å². The van der Waals surface area contributed by atoms with Gasteiger partial charge in [-0.1, -0.05) is 20.8 Å². The van der Waals surface area contributed by atoms with Crippen LogP contribution in [0.3, 0.4) is 0 Å². The van der Waals surface area contributed by atoms with Gasteiger partial charge < -0.3 is 0 Å². The fourth-order valence-corrected chi connectivity index (χ4v) is 3.64. The van der Waals surface area contributed by atoms with E-state index in [4.69, 9.17) is 5.26 Å². The maximum atomic E-state index is 12.4. The predicted molar refractivity (Wildman–Crippen MR) is 67.5 cm³/mol. The number of hydrogen-bond acceptors (Lipinski definition) is 3. The van der Waals surface area contributed by atoms with E-state index in [-0.39, 0.29) is 23.1 Å². The molecule has 0 N–H and O–H groups in total. The van der Waals surface area contributed by atoms with Crippen LogP contribution >= 0.6 is 0 Å². The fraction of sp³-hybridized carbons (Fsp3) is 0.667. The van der Waals surface area contributed by atoms with Gasteiger partial charge in [-0.25, -0.2) is 0 Å². The number of rotatable bonds is 0. The molecule has 0 saturated heterocycles. The Morgan fingerprint density at radius 3 is 2.50 bits per heavy atom. The topological polar surface area (TPSA) is 57.9 Å². The first-order chi connectivity index (χ1) is 8.23. The Morgan fingerprint density at radius 2 is 1.94 bits per heavy atom. The SMILES string of the molecule is C[C@H]1CC(=O)[C@@]2(C)C=C(C#N)C(=O)C(C)(C)[C@@H]2C1. The molecule has 2 aliphatic rings. The highest BCUT2D eigenvalue weighted by molar-refractivity contribution is 6.06. The van der Waals surface area contributed by atoms with Crippen LogP contribution in [0.5, 0.6) is 0 Å². The van der Waals surface area contributed by atoms with E-state index in [1.54, 1.807) is 6.08 Å². The lowest BCUT2D eigenvalue weighted by atomic mass is 9.51. The van der Waals surface area contributed by atoms with E-state index in [2.05, 4.69) is 6.92 Å². The maximum Gasteiger partial charge on any atom is 0.178 e. The molecule has 0 radical (unpaired) electrons. The van der Waals surface area contributed by atoms with E-state index in [1.807, 2.05) is 26.8 Å². The molecule has 96 valence electrons. The smallest absolute Gasteiger partial charge is 0.178 e. The normalized spacial score (nSPS) is 38.7. The summed E-state index contributed by atoms with van der Waals surface area (Å²) in [5, 5.41) is 9.09. The van der Waals surface area contributed by atoms with Crippen molar-refractivity contribution >= 4 is 11.6 Å². The highest BCUT2D eigenvalue weighted by atomic mass is 16.1. The van der Waals surface area contributed by atoms with Gasteiger partial charge in [0.15, 0.2) is 5.78 Å². The first-order valence-corrected chi connectivity index (χ1v) is 6.44. The number of carbonyl (C=O) groups excluding carboxylic acids is 2. The van der Waals surface area contributed by atoms with Crippen molar-refractivity contribution in [2.24, 2.45) is 22.7 Å². The third-order valence-electron chi connectivity index (χ3n) is 4.76. The van der Waals surface area contributed by atoms with E-state index in [1.165, 1.54) is 0 Å². The van der Waals surface area contributed by atoms with Gasteiger partial charge in [-0.3, -0.25) is 9.59 Å². The number of ketones is 2. The van der Waals surface area contributed by atoms with Crippen LogP contribution in [-0.2, 0) is 9.59 Å². The zero-order valence-corrected chi connectivity index (χ0v) is 11.4. The molecule has 1 fully saturated rings. The van der Waals surface area contributed by atoms with Crippen LogP contribution in [0.4, 0.5) is 0 Å². The van der Waals surface area contributed by atoms with Crippen LogP contribution in [0.1, 0.15) is 40.5 Å². The summed E-state index contributed by atoms with van der Waals surface area (Å²) in [6.45, 7) is 7.68. The van der Waals surface area contributed by atoms with E-state index in [9.17, 15) is 9.59 Å². The minimum Gasteiger partial charge on any atom is -0.299 e. The fourth-order valence-electron chi connectivity index (χ4n) is 3.64. The van der Waals surface area contributed by atoms with E-state index in [0.29, 0.717) is 12.3 Å². The van der Waals surface area contributed by atoms with Gasteiger partial charge >= 0.3 is 0 Å². The van der Waals surface area contributed by atoms with Gasteiger partial charge in [-0.05, 0) is 31.3 Å². The Balaban J connectivity index is 2.61. The van der Waals surface area contributed by atoms with Gasteiger partial charge in [0.1, 0.15) is 11.9 Å². The average molecular weight is 245 g/mol. The van der Waals surface area contributed by atoms with Crippen molar-refractivity contribution in [3.05, 3.63) is 11.6 Å². The molecule has 0 aromatic rings. The molecule has 18 heavy (non-hydrogen) atoms. The van der Waals surface area contributed by atoms with Crippen molar-refractivity contribution in [2.75, 3.05) is 0 Å². The van der Waals surface area contributed by atoms with Crippen molar-refractivity contribution in [1.29, 1.82) is 5.26 Å². The van der Waals surface area contributed by atoms with E-state index >= 15 is 0 Å². The maximum absolute atomic E-state index is 12.4. The molecule has 2 rings (SSSR count). The second-order valence-electron chi connectivity index (χ2n) is 6.52. The number of Topliss-reactive ketones (excluding diaryl/α,β-unsaturated/α-hetero) is 2. The Kier molecular flexibility index (Phi) is 2.73. The minimum absolute atomic E-state index is 0.00542. The summed E-state index contributed by atoms with van der Waals surface area (Å²) in [5.41, 5.74) is -1.12. The van der Waals surface area contributed by atoms with Crippen LogP contribution in [-0.4, -0.2) is 11.6 Å². The van der Waals surface area contributed by atoms with Gasteiger partial charge in [0.2, 0.25) is 0 Å². The highest BCUT2D eigenvalue weighted by Gasteiger charge is 2.56. The van der Waals surface area contributed by atoms with Crippen LogP contribution in [0.25, 0.3) is 0 Å². The molecule has 0 aromatic carbocycles. The van der Waals surface area contributed by atoms with Crippen molar-refractivity contribution in [1.82, 2.24) is 0 Å². The van der Waals surface area contributed by atoms with Gasteiger partial charge in [-0.2, -0.15) is 5.26 Å². The summed E-state index contributed by atoms with van der Waals surface area (Å²) in [7, 11) is 0. The summed E-state index contributed by atoms with van der Waals surface area (Å²) >= 11 is 0. The molecule has 3 atom stereocenters. The first-order valence-electron chi connectivity index (χ1n) is 6.44. The Morgan fingerprint density at radius 1 is 1.33 bits per heavy atom. The quantitative estimate of drug-likeness (QED) is 0.659. The molecular formula is C15H19NO2. The molecule has 1 saturated carbocycles. The van der Waals surface area contributed by atoms with Gasteiger partial charge in [0.05, 0.1) is 5.57 Å². The molecule has 0 amide bonds. The summed E-state index contributed by atoms with van der Waals surface area (Å²) in [6, 6.07) is 1.96. The predicted octanol–water partition coefficient (Wildman–Crippen LogP) is 2.67. The lowest BCUT2D eigenvalue weighted by Crippen LogP contribution is -2.53. The monoisotopic (exact) mass is 245 g/mol. The number of carbonyl (C=O) groups is 2. The number of fused-ring (bicyclic) bond motifs is 1. The zero-order valence-electron chi connectivity index (χ0n) is 11.4. The largest absolute Gasteiger partial charge is 0.299 e. The van der Waals surface area contributed by atoms with E-state index in [0.717, 1.165) is 6.42 Å². The van der Waals surface area contributed by atoms with Crippen molar-refractivity contribution in [3.8, 4) is 6.07 Å². The third kappa shape index (κ3) is 1.55. The Bertz CT molecular complexity index is 495. The second-order valence-corrected chi connectivity index (χ2v) is 6.52. The number of hydrogen-bond donors (Lipinski definition) is 0. The lowest BCUT2D eigenvalue weighted by Gasteiger charge is -2.50. The molecule has 0 aliphatic heterocycles. The summed E-state index contributed by atoms with van der Waals surface area (Å²) in [5.74, 6) is 0.375. The molecule has 0 unspecified atom stereocenters. The van der Waals surface area contributed by atoms with Gasteiger partial charge in [0, 0.05) is 17.3 Å². The lowest BCUT2D eigenvalue weighted by molar-refractivity contribution is -0.143.